The Labute approximate surface area is 254 Å². The molecule has 0 radical (unpaired) electrons. The number of rotatable bonds is 5. The van der Waals surface area contributed by atoms with Crippen LogP contribution in [-0.2, 0) is 0 Å². The predicted molar refractivity (Wildman–Crippen MR) is 183 cm³/mol. The molecule has 43 heavy (non-hydrogen) atoms. The van der Waals surface area contributed by atoms with Crippen molar-refractivity contribution in [3.05, 3.63) is 139 Å². The van der Waals surface area contributed by atoms with Gasteiger partial charge in [0.25, 0.3) is 0 Å². The second kappa shape index (κ2) is 11.5. The molecule has 0 saturated carbocycles. The van der Waals surface area contributed by atoms with E-state index in [2.05, 4.69) is 129 Å². The number of fused-ring (bicyclic) bond motifs is 2. The van der Waals surface area contributed by atoms with Crippen molar-refractivity contribution >= 4 is 27.1 Å². The minimum absolute atomic E-state index is 0.542. The van der Waals surface area contributed by atoms with Gasteiger partial charge in [0.1, 0.15) is 0 Å². The molecule has 0 bridgehead atoms. The van der Waals surface area contributed by atoms with E-state index in [4.69, 9.17) is 4.98 Å². The molecule has 1 unspecified atom stereocenters. The molecule has 0 saturated heterocycles. The Bertz CT molecular complexity index is 1970. The van der Waals surface area contributed by atoms with Gasteiger partial charge in [0, 0.05) is 35.9 Å². The summed E-state index contributed by atoms with van der Waals surface area (Å²) in [4.78, 5) is 9.23. The second-order valence-corrected chi connectivity index (χ2v) is 11.9. The first kappa shape index (κ1) is 27.0. The Hall–Kier alpha value is -4.82. The summed E-state index contributed by atoms with van der Waals surface area (Å²) in [5.41, 5.74) is 12.5. The first-order chi connectivity index (χ1) is 21.1. The molecule has 0 aliphatic heterocycles. The third kappa shape index (κ3) is 5.08. The lowest BCUT2D eigenvalue weighted by atomic mass is 9.84. The maximum Gasteiger partial charge on any atom is 0.0347 e. The number of allylic oxidation sites excluding steroid dienone is 4. The Morgan fingerprint density at radius 2 is 1.14 bits per heavy atom. The van der Waals surface area contributed by atoms with Crippen LogP contribution >= 0.6 is 0 Å². The van der Waals surface area contributed by atoms with Gasteiger partial charge in [0.05, 0.1) is 0 Å². The van der Waals surface area contributed by atoms with Crippen molar-refractivity contribution in [2.45, 2.75) is 40.0 Å². The Morgan fingerprint density at radius 3 is 1.77 bits per heavy atom. The Balaban J connectivity index is 1.42. The highest BCUT2D eigenvalue weighted by molar-refractivity contribution is 6.21. The third-order valence-electron chi connectivity index (χ3n) is 9.04. The molecule has 2 heterocycles. The van der Waals surface area contributed by atoms with Gasteiger partial charge in [-0.25, -0.2) is 0 Å². The van der Waals surface area contributed by atoms with Gasteiger partial charge in [-0.1, -0.05) is 97.4 Å². The van der Waals surface area contributed by atoms with E-state index in [0.29, 0.717) is 5.92 Å². The zero-order valence-corrected chi connectivity index (χ0v) is 25.1. The zero-order chi connectivity index (χ0) is 29.3. The van der Waals surface area contributed by atoms with Crippen molar-refractivity contribution in [2.75, 3.05) is 0 Å². The molecule has 1 atom stereocenters. The number of benzene rings is 4. The van der Waals surface area contributed by atoms with Crippen LogP contribution in [0.2, 0.25) is 0 Å². The molecule has 0 amide bonds. The quantitative estimate of drug-likeness (QED) is 0.197. The molecule has 2 heteroatoms. The van der Waals surface area contributed by atoms with E-state index in [1.54, 1.807) is 0 Å². The summed E-state index contributed by atoms with van der Waals surface area (Å²) in [6, 6.07) is 31.2. The van der Waals surface area contributed by atoms with Crippen LogP contribution in [0.5, 0.6) is 0 Å². The van der Waals surface area contributed by atoms with Crippen molar-refractivity contribution in [3.63, 3.8) is 0 Å². The second-order valence-electron chi connectivity index (χ2n) is 11.9. The Morgan fingerprint density at radius 1 is 0.581 bits per heavy atom. The minimum Gasteiger partial charge on any atom is -0.264 e. The van der Waals surface area contributed by atoms with Crippen molar-refractivity contribution in [2.24, 2.45) is 5.92 Å². The van der Waals surface area contributed by atoms with Gasteiger partial charge in [-0.3, -0.25) is 9.97 Å². The van der Waals surface area contributed by atoms with Gasteiger partial charge in [-0.2, -0.15) is 0 Å². The first-order valence-corrected chi connectivity index (χ1v) is 15.4. The largest absolute Gasteiger partial charge is 0.264 e. The number of hydrogen-bond acceptors (Lipinski definition) is 2. The van der Waals surface area contributed by atoms with Gasteiger partial charge in [0.2, 0.25) is 0 Å². The summed E-state index contributed by atoms with van der Waals surface area (Å²) < 4.78 is 0. The number of hydrogen-bond donors (Lipinski definition) is 0. The normalized spacial score (nSPS) is 15.3. The van der Waals surface area contributed by atoms with Crippen LogP contribution in [0.15, 0.2) is 127 Å². The highest BCUT2D eigenvalue weighted by Crippen LogP contribution is 2.44. The molecule has 6 aromatic rings. The lowest BCUT2D eigenvalue weighted by molar-refractivity contribution is 0.590. The molecule has 2 nitrogen and oxygen atoms in total. The number of nitrogens with zero attached hydrogens (tertiary/aromatic N) is 2. The van der Waals surface area contributed by atoms with Crippen LogP contribution in [0.1, 0.15) is 44.2 Å². The van der Waals surface area contributed by atoms with Crippen molar-refractivity contribution in [1.29, 1.82) is 0 Å². The third-order valence-corrected chi connectivity index (χ3v) is 9.04. The molecule has 1 aliphatic rings. The molecule has 2 aromatic heterocycles. The summed E-state index contributed by atoms with van der Waals surface area (Å²) in [5.74, 6) is 0.542. The van der Waals surface area contributed by atoms with Gasteiger partial charge in [-0.15, -0.1) is 0 Å². The number of pyridine rings is 2. The minimum atomic E-state index is 0.542. The predicted octanol–water partition coefficient (Wildman–Crippen LogP) is 11.2. The van der Waals surface area contributed by atoms with E-state index < -0.39 is 0 Å². The van der Waals surface area contributed by atoms with Crippen LogP contribution in [0, 0.1) is 12.8 Å². The molecule has 210 valence electrons. The number of aromatic nitrogens is 2. The van der Waals surface area contributed by atoms with E-state index in [9.17, 15) is 0 Å². The van der Waals surface area contributed by atoms with E-state index in [1.807, 2.05) is 18.6 Å². The van der Waals surface area contributed by atoms with Crippen LogP contribution in [0.25, 0.3) is 60.5 Å². The number of aryl methyl sites for hydroxylation is 1. The lowest BCUT2D eigenvalue weighted by Crippen LogP contribution is -2.02. The van der Waals surface area contributed by atoms with Crippen molar-refractivity contribution in [3.8, 4) is 33.4 Å². The van der Waals surface area contributed by atoms with Crippen LogP contribution in [0.4, 0.5) is 0 Å². The van der Waals surface area contributed by atoms with Gasteiger partial charge >= 0.3 is 0 Å². The monoisotopic (exact) mass is 556 g/mol. The summed E-state index contributed by atoms with van der Waals surface area (Å²) in [6.45, 7) is 6.64. The smallest absolute Gasteiger partial charge is 0.0347 e. The van der Waals surface area contributed by atoms with E-state index in [0.717, 1.165) is 18.4 Å². The fourth-order valence-corrected chi connectivity index (χ4v) is 6.79. The fourth-order valence-electron chi connectivity index (χ4n) is 6.79. The van der Waals surface area contributed by atoms with E-state index in [-0.39, 0.29) is 0 Å². The molecule has 0 N–H and O–H groups in total. The molecular weight excluding hydrogens is 520 g/mol. The average Bonchev–Trinajstić information content (AvgIpc) is 3.24. The summed E-state index contributed by atoms with van der Waals surface area (Å²) in [6.07, 6.45) is 16.1. The standard InChI is InChI=1S/C41H36N2/c1-4-29-15-13-27(2)14-20-35(29)33-22-34(26-43-25-33)41-38-11-7-5-9-36(38)40(37-10-6-8-12-39(37)41)31-18-16-30(17-19-31)32-21-28(3)23-42-24-32/h5-12,14,16-26,29H,4,13,15H2,1-3H3. The lowest BCUT2D eigenvalue weighted by Gasteiger charge is -2.20. The van der Waals surface area contributed by atoms with Crippen molar-refractivity contribution in [1.82, 2.24) is 9.97 Å². The highest BCUT2D eigenvalue weighted by atomic mass is 14.6. The fraction of sp³-hybridized carbons (Fsp3) is 0.171. The van der Waals surface area contributed by atoms with Gasteiger partial charge in [0.15, 0.2) is 0 Å². The highest BCUT2D eigenvalue weighted by Gasteiger charge is 2.20. The molecule has 7 rings (SSSR count). The van der Waals surface area contributed by atoms with Crippen molar-refractivity contribution < 1.29 is 0 Å². The molecule has 0 spiro atoms. The van der Waals surface area contributed by atoms with E-state index >= 15 is 0 Å². The SMILES string of the molecule is CCC1CCC(C)=CC=C1c1cncc(-c2c3ccccc3c(-c3ccc(-c4cncc(C)c4)cc3)c3ccccc23)c1. The maximum absolute atomic E-state index is 4.83. The van der Waals surface area contributed by atoms with Gasteiger partial charge in [-0.05, 0) is 112 Å². The Kier molecular flexibility index (Phi) is 7.20. The van der Waals surface area contributed by atoms with Crippen LogP contribution in [-0.4, -0.2) is 9.97 Å². The maximum atomic E-state index is 4.83. The first-order valence-electron chi connectivity index (χ1n) is 15.4. The topological polar surface area (TPSA) is 25.8 Å². The average molecular weight is 557 g/mol. The van der Waals surface area contributed by atoms with Crippen LogP contribution < -0.4 is 0 Å². The van der Waals surface area contributed by atoms with Gasteiger partial charge < -0.3 is 0 Å². The molecule has 4 aromatic carbocycles. The van der Waals surface area contributed by atoms with E-state index in [1.165, 1.54) is 78.1 Å². The van der Waals surface area contributed by atoms with Crippen LogP contribution in [0.3, 0.4) is 0 Å². The molecular formula is C41H36N2. The summed E-state index contributed by atoms with van der Waals surface area (Å²) in [7, 11) is 0. The summed E-state index contributed by atoms with van der Waals surface area (Å²) in [5, 5.41) is 5.01. The zero-order valence-electron chi connectivity index (χ0n) is 25.1. The summed E-state index contributed by atoms with van der Waals surface area (Å²) >= 11 is 0. The molecule has 0 fully saturated rings. The molecule has 1 aliphatic carbocycles.